The minimum atomic E-state index is 0.563. The van der Waals surface area contributed by atoms with Crippen molar-refractivity contribution in [1.29, 1.82) is 0 Å². The van der Waals surface area contributed by atoms with Gasteiger partial charge in [0.15, 0.2) is 0 Å². The van der Waals surface area contributed by atoms with Crippen LogP contribution in [0.2, 0.25) is 0 Å². The van der Waals surface area contributed by atoms with Gasteiger partial charge < -0.3 is 4.90 Å². The molecule has 100 valence electrons. The summed E-state index contributed by atoms with van der Waals surface area (Å²) in [5.74, 6) is 0.563. The lowest BCUT2D eigenvalue weighted by molar-refractivity contribution is 0.748. The van der Waals surface area contributed by atoms with Gasteiger partial charge in [0.2, 0.25) is 0 Å². The summed E-state index contributed by atoms with van der Waals surface area (Å²) in [6.07, 6.45) is 14.9. The lowest BCUT2D eigenvalue weighted by Crippen LogP contribution is -2.20. The maximum atomic E-state index is 2.49. The summed E-state index contributed by atoms with van der Waals surface area (Å²) in [4.78, 5) is 2.49. The highest BCUT2D eigenvalue weighted by molar-refractivity contribution is 5.67. The molecule has 0 saturated carbocycles. The molecule has 0 bridgehead atoms. The fourth-order valence-corrected chi connectivity index (χ4v) is 3.52. The fraction of sp³-hybridized carbons (Fsp3) is 0.263. The molecule has 0 spiro atoms. The van der Waals surface area contributed by atoms with Crippen LogP contribution in [0.3, 0.4) is 0 Å². The van der Waals surface area contributed by atoms with E-state index in [9.17, 15) is 0 Å². The van der Waals surface area contributed by atoms with Gasteiger partial charge in [0.25, 0.3) is 0 Å². The van der Waals surface area contributed by atoms with Gasteiger partial charge in [-0.15, -0.1) is 0 Å². The third-order valence-corrected chi connectivity index (χ3v) is 4.51. The monoisotopic (exact) mass is 261 g/mol. The molecule has 1 heterocycles. The van der Waals surface area contributed by atoms with Crippen molar-refractivity contribution in [1.82, 2.24) is 0 Å². The number of fused-ring (bicyclic) bond motifs is 2. The molecule has 0 amide bonds. The van der Waals surface area contributed by atoms with Crippen molar-refractivity contribution in [2.45, 2.75) is 26.2 Å². The SMILES string of the molecule is Cc1ccc(N2C3=CC=CCC3C3=C2CCC=C3)cc1. The topological polar surface area (TPSA) is 3.24 Å². The smallest absolute Gasteiger partial charge is 0.0455 e. The molecule has 1 heteroatoms. The molecule has 0 N–H and O–H groups in total. The van der Waals surface area contributed by atoms with E-state index < -0.39 is 0 Å². The van der Waals surface area contributed by atoms with Crippen molar-refractivity contribution in [2.24, 2.45) is 5.92 Å². The van der Waals surface area contributed by atoms with Crippen LogP contribution in [0.4, 0.5) is 5.69 Å². The van der Waals surface area contributed by atoms with E-state index in [1.54, 1.807) is 0 Å². The molecule has 20 heavy (non-hydrogen) atoms. The predicted molar refractivity (Wildman–Crippen MR) is 84.4 cm³/mol. The number of allylic oxidation sites excluding steroid dienone is 7. The zero-order valence-corrected chi connectivity index (χ0v) is 11.8. The average Bonchev–Trinajstić information content (AvgIpc) is 2.83. The van der Waals surface area contributed by atoms with Crippen LogP contribution in [-0.4, -0.2) is 0 Å². The normalized spacial score (nSPS) is 23.8. The van der Waals surface area contributed by atoms with Gasteiger partial charge in [-0.1, -0.05) is 42.0 Å². The summed E-state index contributed by atoms with van der Waals surface area (Å²) in [7, 11) is 0. The second kappa shape index (κ2) is 4.52. The Hall–Kier alpha value is -2.02. The second-order valence-electron chi connectivity index (χ2n) is 5.82. The molecule has 1 unspecified atom stereocenters. The van der Waals surface area contributed by atoms with Gasteiger partial charge in [-0.25, -0.2) is 0 Å². The highest BCUT2D eigenvalue weighted by Crippen LogP contribution is 2.47. The Kier molecular flexibility index (Phi) is 2.66. The highest BCUT2D eigenvalue weighted by atomic mass is 15.2. The Bertz CT molecular complexity index is 656. The van der Waals surface area contributed by atoms with E-state index in [4.69, 9.17) is 0 Å². The van der Waals surface area contributed by atoms with Crippen molar-refractivity contribution >= 4 is 5.69 Å². The van der Waals surface area contributed by atoms with Gasteiger partial charge in [0, 0.05) is 23.0 Å². The third kappa shape index (κ3) is 1.70. The van der Waals surface area contributed by atoms with E-state index in [1.165, 1.54) is 28.2 Å². The van der Waals surface area contributed by atoms with Crippen LogP contribution in [0.15, 0.2) is 71.6 Å². The largest absolute Gasteiger partial charge is 0.317 e. The first-order valence-electron chi connectivity index (χ1n) is 7.48. The quantitative estimate of drug-likeness (QED) is 0.696. The van der Waals surface area contributed by atoms with Crippen molar-refractivity contribution in [3.63, 3.8) is 0 Å². The molecule has 1 nitrogen and oxygen atoms in total. The standard InChI is InChI=1S/C19H19N/c1-14-10-12-15(13-11-14)20-18-8-4-2-6-16(18)17-7-3-5-9-19(17)20/h2-4,7-8,10-13,16H,5-6,9H2,1H3. The van der Waals surface area contributed by atoms with E-state index in [0.717, 1.165) is 19.3 Å². The summed E-state index contributed by atoms with van der Waals surface area (Å²) in [5.41, 5.74) is 7.12. The Morgan fingerprint density at radius 3 is 2.80 bits per heavy atom. The predicted octanol–water partition coefficient (Wildman–Crippen LogP) is 4.88. The van der Waals surface area contributed by atoms with Crippen LogP contribution >= 0.6 is 0 Å². The van der Waals surface area contributed by atoms with Crippen molar-refractivity contribution in [3.8, 4) is 0 Å². The van der Waals surface area contributed by atoms with Crippen LogP contribution in [0.5, 0.6) is 0 Å². The third-order valence-electron chi connectivity index (χ3n) is 4.51. The first kappa shape index (κ1) is 11.8. The Labute approximate surface area is 120 Å². The molecule has 2 aliphatic carbocycles. The minimum Gasteiger partial charge on any atom is -0.317 e. The molecule has 1 atom stereocenters. The summed E-state index contributed by atoms with van der Waals surface area (Å²) < 4.78 is 0. The van der Waals surface area contributed by atoms with Gasteiger partial charge in [-0.2, -0.15) is 0 Å². The number of anilines is 1. The molecule has 1 aromatic carbocycles. The summed E-state index contributed by atoms with van der Waals surface area (Å²) in [6, 6.07) is 8.92. The number of aryl methyl sites for hydroxylation is 1. The Balaban J connectivity index is 1.85. The molecule has 4 rings (SSSR count). The Morgan fingerprint density at radius 2 is 1.95 bits per heavy atom. The van der Waals surface area contributed by atoms with E-state index in [0.29, 0.717) is 5.92 Å². The van der Waals surface area contributed by atoms with Gasteiger partial charge >= 0.3 is 0 Å². The van der Waals surface area contributed by atoms with Crippen LogP contribution in [0.1, 0.15) is 24.8 Å². The number of hydrogen-bond donors (Lipinski definition) is 0. The highest BCUT2D eigenvalue weighted by Gasteiger charge is 2.36. The molecule has 1 aromatic rings. The van der Waals surface area contributed by atoms with Crippen LogP contribution in [0.25, 0.3) is 0 Å². The van der Waals surface area contributed by atoms with Gasteiger partial charge in [-0.05, 0) is 50.0 Å². The summed E-state index contributed by atoms with van der Waals surface area (Å²) >= 11 is 0. The average molecular weight is 261 g/mol. The minimum absolute atomic E-state index is 0.563. The number of hydrogen-bond acceptors (Lipinski definition) is 1. The van der Waals surface area contributed by atoms with E-state index >= 15 is 0 Å². The van der Waals surface area contributed by atoms with Gasteiger partial charge in [0.1, 0.15) is 0 Å². The fourth-order valence-electron chi connectivity index (χ4n) is 3.52. The van der Waals surface area contributed by atoms with Gasteiger partial charge in [0.05, 0.1) is 0 Å². The summed E-state index contributed by atoms with van der Waals surface area (Å²) in [6.45, 7) is 2.15. The van der Waals surface area contributed by atoms with Crippen molar-refractivity contribution in [3.05, 3.63) is 77.2 Å². The summed E-state index contributed by atoms with van der Waals surface area (Å²) in [5, 5.41) is 0. The lowest BCUT2D eigenvalue weighted by atomic mass is 9.89. The molecule has 0 saturated heterocycles. The number of benzene rings is 1. The first-order valence-corrected chi connectivity index (χ1v) is 7.48. The van der Waals surface area contributed by atoms with Crippen LogP contribution in [-0.2, 0) is 0 Å². The second-order valence-corrected chi connectivity index (χ2v) is 5.82. The zero-order valence-electron chi connectivity index (χ0n) is 11.8. The molecule has 0 fully saturated rings. The van der Waals surface area contributed by atoms with E-state index in [1.807, 2.05) is 0 Å². The van der Waals surface area contributed by atoms with Crippen LogP contribution in [0, 0.1) is 12.8 Å². The molecule has 3 aliphatic rings. The lowest BCUT2D eigenvalue weighted by Gasteiger charge is -2.27. The number of rotatable bonds is 1. The van der Waals surface area contributed by atoms with E-state index in [2.05, 4.69) is 66.5 Å². The number of nitrogens with zero attached hydrogens (tertiary/aromatic N) is 1. The molecule has 0 radical (unpaired) electrons. The maximum Gasteiger partial charge on any atom is 0.0455 e. The first-order chi connectivity index (χ1) is 9.84. The zero-order chi connectivity index (χ0) is 13.5. The maximum absolute atomic E-state index is 2.49. The molecule has 1 aliphatic heterocycles. The Morgan fingerprint density at radius 1 is 1.10 bits per heavy atom. The molecule has 0 aromatic heterocycles. The molecular formula is C19H19N. The molecular weight excluding hydrogens is 242 g/mol. The van der Waals surface area contributed by atoms with E-state index in [-0.39, 0.29) is 0 Å². The van der Waals surface area contributed by atoms with Crippen molar-refractivity contribution in [2.75, 3.05) is 4.90 Å². The van der Waals surface area contributed by atoms with Crippen LogP contribution < -0.4 is 4.90 Å². The van der Waals surface area contributed by atoms with Gasteiger partial charge in [-0.3, -0.25) is 0 Å². The van der Waals surface area contributed by atoms with Crippen molar-refractivity contribution < 1.29 is 0 Å².